The molecule has 0 aromatic heterocycles. The van der Waals surface area contributed by atoms with Crippen molar-refractivity contribution in [2.24, 2.45) is 5.73 Å². The fourth-order valence-electron chi connectivity index (χ4n) is 2.77. The molecule has 4 heteroatoms. The number of hydrogen-bond donors (Lipinski definition) is 1. The van der Waals surface area contributed by atoms with E-state index in [9.17, 15) is 0 Å². The van der Waals surface area contributed by atoms with Crippen LogP contribution in [0.3, 0.4) is 0 Å². The third-order valence-electron chi connectivity index (χ3n) is 4.04. The number of hydrogen-bond acceptors (Lipinski definition) is 4. The molecule has 1 heterocycles. The number of rotatable bonds is 6. The lowest BCUT2D eigenvalue weighted by Gasteiger charge is -2.33. The lowest BCUT2D eigenvalue weighted by atomic mass is 10.1. The van der Waals surface area contributed by atoms with Crippen LogP contribution in [0.1, 0.15) is 31.7 Å². The SMILES string of the molecule is COCCC(C)Oc1ccc(N2CCCC(N)C2)cc1C. The highest BCUT2D eigenvalue weighted by molar-refractivity contribution is 5.53. The van der Waals surface area contributed by atoms with Crippen LogP contribution in [0.2, 0.25) is 0 Å². The van der Waals surface area contributed by atoms with Crippen molar-refractivity contribution in [3.63, 3.8) is 0 Å². The minimum Gasteiger partial charge on any atom is -0.490 e. The van der Waals surface area contributed by atoms with Gasteiger partial charge in [-0.15, -0.1) is 0 Å². The van der Waals surface area contributed by atoms with E-state index >= 15 is 0 Å². The van der Waals surface area contributed by atoms with E-state index in [2.05, 4.69) is 36.9 Å². The van der Waals surface area contributed by atoms with Crippen molar-refractivity contribution >= 4 is 5.69 Å². The third kappa shape index (κ3) is 4.61. The van der Waals surface area contributed by atoms with Gasteiger partial charge in [0.2, 0.25) is 0 Å². The predicted octanol–water partition coefficient (Wildman–Crippen LogP) is 2.73. The molecule has 0 radical (unpaired) electrons. The van der Waals surface area contributed by atoms with Gasteiger partial charge >= 0.3 is 0 Å². The molecule has 4 nitrogen and oxygen atoms in total. The van der Waals surface area contributed by atoms with Crippen LogP contribution in [0.25, 0.3) is 0 Å². The van der Waals surface area contributed by atoms with Crippen LogP contribution in [0.15, 0.2) is 18.2 Å². The van der Waals surface area contributed by atoms with E-state index in [0.717, 1.165) is 38.3 Å². The normalized spacial score (nSPS) is 20.4. The van der Waals surface area contributed by atoms with Crippen LogP contribution in [-0.4, -0.2) is 39.0 Å². The second-order valence-electron chi connectivity index (χ2n) is 6.01. The van der Waals surface area contributed by atoms with Gasteiger partial charge in [0, 0.05) is 45.0 Å². The molecule has 2 N–H and O–H groups in total. The highest BCUT2D eigenvalue weighted by atomic mass is 16.5. The summed E-state index contributed by atoms with van der Waals surface area (Å²) in [5.41, 5.74) is 8.49. The second kappa shape index (κ2) is 7.66. The van der Waals surface area contributed by atoms with Crippen molar-refractivity contribution in [1.29, 1.82) is 0 Å². The minimum absolute atomic E-state index is 0.165. The molecule has 1 saturated heterocycles. The van der Waals surface area contributed by atoms with Crippen molar-refractivity contribution in [3.8, 4) is 5.75 Å². The maximum Gasteiger partial charge on any atom is 0.122 e. The van der Waals surface area contributed by atoms with Gasteiger partial charge in [0.05, 0.1) is 6.10 Å². The van der Waals surface area contributed by atoms with Crippen LogP contribution in [0, 0.1) is 6.92 Å². The van der Waals surface area contributed by atoms with Gasteiger partial charge in [-0.25, -0.2) is 0 Å². The summed E-state index contributed by atoms with van der Waals surface area (Å²) in [5, 5.41) is 0. The molecular formula is C17H28N2O2. The summed E-state index contributed by atoms with van der Waals surface area (Å²) >= 11 is 0. The predicted molar refractivity (Wildman–Crippen MR) is 87.2 cm³/mol. The van der Waals surface area contributed by atoms with Gasteiger partial charge in [-0.05, 0) is 50.5 Å². The Hall–Kier alpha value is -1.26. The molecule has 118 valence electrons. The monoisotopic (exact) mass is 292 g/mol. The smallest absolute Gasteiger partial charge is 0.122 e. The molecule has 2 unspecified atom stereocenters. The number of nitrogens with zero attached hydrogens (tertiary/aromatic N) is 1. The van der Waals surface area contributed by atoms with Gasteiger partial charge in [-0.3, -0.25) is 0 Å². The van der Waals surface area contributed by atoms with Gasteiger partial charge in [-0.2, -0.15) is 0 Å². The zero-order valence-corrected chi connectivity index (χ0v) is 13.5. The first-order valence-corrected chi connectivity index (χ1v) is 7.87. The Morgan fingerprint density at radius 3 is 2.90 bits per heavy atom. The van der Waals surface area contributed by atoms with Gasteiger partial charge in [0.25, 0.3) is 0 Å². The summed E-state index contributed by atoms with van der Waals surface area (Å²) in [6.07, 6.45) is 3.37. The van der Waals surface area contributed by atoms with E-state index in [-0.39, 0.29) is 6.10 Å². The molecule has 0 amide bonds. The number of aryl methyl sites for hydroxylation is 1. The van der Waals surface area contributed by atoms with Crippen molar-refractivity contribution in [3.05, 3.63) is 23.8 Å². The zero-order valence-electron chi connectivity index (χ0n) is 13.5. The lowest BCUT2D eigenvalue weighted by molar-refractivity contribution is 0.135. The third-order valence-corrected chi connectivity index (χ3v) is 4.04. The van der Waals surface area contributed by atoms with Crippen LogP contribution in [0.5, 0.6) is 5.75 Å². The number of anilines is 1. The van der Waals surface area contributed by atoms with Crippen molar-refractivity contribution in [2.75, 3.05) is 31.7 Å². The highest BCUT2D eigenvalue weighted by Gasteiger charge is 2.17. The molecule has 21 heavy (non-hydrogen) atoms. The van der Waals surface area contributed by atoms with Crippen LogP contribution in [-0.2, 0) is 4.74 Å². The molecular weight excluding hydrogens is 264 g/mol. The molecule has 1 aromatic carbocycles. The van der Waals surface area contributed by atoms with E-state index in [1.807, 2.05) is 0 Å². The Kier molecular flexibility index (Phi) is 5.88. The Balaban J connectivity index is 1.99. The van der Waals surface area contributed by atoms with E-state index in [1.54, 1.807) is 7.11 Å². The molecule has 2 rings (SSSR count). The first-order chi connectivity index (χ1) is 10.1. The number of benzene rings is 1. The zero-order chi connectivity index (χ0) is 15.2. The number of ether oxygens (including phenoxy) is 2. The molecule has 0 saturated carbocycles. The summed E-state index contributed by atoms with van der Waals surface area (Å²) < 4.78 is 11.1. The largest absolute Gasteiger partial charge is 0.490 e. The van der Waals surface area contributed by atoms with Gasteiger partial charge in [0.15, 0.2) is 0 Å². The molecule has 2 atom stereocenters. The van der Waals surface area contributed by atoms with Crippen LogP contribution < -0.4 is 15.4 Å². The summed E-state index contributed by atoms with van der Waals surface area (Å²) in [5.74, 6) is 0.962. The van der Waals surface area contributed by atoms with Crippen molar-refractivity contribution in [1.82, 2.24) is 0 Å². The van der Waals surface area contributed by atoms with E-state index in [1.165, 1.54) is 17.7 Å². The first kappa shape index (κ1) is 16.1. The van der Waals surface area contributed by atoms with Gasteiger partial charge < -0.3 is 20.1 Å². The summed E-state index contributed by atoms with van der Waals surface area (Å²) in [6, 6.07) is 6.72. The standard InChI is InChI=1S/C17H28N2O2/c1-13-11-16(19-9-4-5-15(18)12-19)6-7-17(13)21-14(2)8-10-20-3/h6-7,11,14-15H,4-5,8-10,12,18H2,1-3H3. The average Bonchev–Trinajstić information content (AvgIpc) is 2.47. The van der Waals surface area contributed by atoms with Crippen LogP contribution in [0.4, 0.5) is 5.69 Å². The Labute approximate surface area is 128 Å². The Bertz CT molecular complexity index is 450. The van der Waals surface area contributed by atoms with E-state index in [4.69, 9.17) is 15.2 Å². The van der Waals surface area contributed by atoms with E-state index in [0.29, 0.717) is 6.04 Å². The van der Waals surface area contributed by atoms with Crippen molar-refractivity contribution in [2.45, 2.75) is 45.3 Å². The summed E-state index contributed by atoms with van der Waals surface area (Å²) in [7, 11) is 1.72. The Morgan fingerprint density at radius 1 is 1.43 bits per heavy atom. The molecule has 1 aliphatic heterocycles. The quantitative estimate of drug-likeness (QED) is 0.876. The lowest BCUT2D eigenvalue weighted by Crippen LogP contribution is -2.42. The van der Waals surface area contributed by atoms with Gasteiger partial charge in [-0.1, -0.05) is 0 Å². The molecule has 0 aliphatic carbocycles. The number of piperidine rings is 1. The molecule has 0 bridgehead atoms. The molecule has 1 aliphatic rings. The molecule has 1 fully saturated rings. The van der Waals surface area contributed by atoms with E-state index < -0.39 is 0 Å². The molecule has 1 aromatic rings. The highest BCUT2D eigenvalue weighted by Crippen LogP contribution is 2.27. The average molecular weight is 292 g/mol. The first-order valence-electron chi connectivity index (χ1n) is 7.87. The molecule has 0 spiro atoms. The second-order valence-corrected chi connectivity index (χ2v) is 6.01. The summed E-state index contributed by atoms with van der Waals surface area (Å²) in [6.45, 7) is 6.95. The maximum absolute atomic E-state index is 6.06. The number of methoxy groups -OCH3 is 1. The number of nitrogens with two attached hydrogens (primary N) is 1. The fraction of sp³-hybridized carbons (Fsp3) is 0.647. The minimum atomic E-state index is 0.165. The van der Waals surface area contributed by atoms with Crippen LogP contribution >= 0.6 is 0 Å². The van der Waals surface area contributed by atoms with Crippen molar-refractivity contribution < 1.29 is 9.47 Å². The maximum atomic E-state index is 6.06. The Morgan fingerprint density at radius 2 is 2.24 bits per heavy atom. The topological polar surface area (TPSA) is 47.7 Å². The fourth-order valence-corrected chi connectivity index (χ4v) is 2.77. The summed E-state index contributed by atoms with van der Waals surface area (Å²) in [4.78, 5) is 2.37. The van der Waals surface area contributed by atoms with Gasteiger partial charge in [0.1, 0.15) is 5.75 Å².